The molecule has 164 valence electrons. The van der Waals surface area contributed by atoms with E-state index in [0.717, 1.165) is 38.9 Å². The van der Waals surface area contributed by atoms with Crippen molar-refractivity contribution in [2.24, 2.45) is 0 Å². The third-order valence-electron chi connectivity index (χ3n) is 5.11. The molecule has 4 rings (SSSR count). The molecule has 0 bridgehead atoms. The van der Waals surface area contributed by atoms with Crippen LogP contribution in [-0.2, 0) is 4.74 Å². The van der Waals surface area contributed by atoms with Crippen molar-refractivity contribution in [2.75, 3.05) is 51.9 Å². The second-order valence-electron chi connectivity index (χ2n) is 7.06. The summed E-state index contributed by atoms with van der Waals surface area (Å²) in [6.45, 7) is 4.57. The molecule has 1 aliphatic rings. The molecule has 2 heterocycles. The van der Waals surface area contributed by atoms with Crippen LogP contribution < -0.4 is 14.8 Å². The number of halogens is 2. The van der Waals surface area contributed by atoms with Gasteiger partial charge in [-0.3, -0.25) is 9.88 Å². The van der Waals surface area contributed by atoms with E-state index in [-0.39, 0.29) is 16.5 Å². The molecular weight excluding hydrogens is 425 g/mol. The third kappa shape index (κ3) is 4.76. The van der Waals surface area contributed by atoms with Gasteiger partial charge >= 0.3 is 0 Å². The molecule has 2 aromatic carbocycles. The van der Waals surface area contributed by atoms with E-state index in [2.05, 4.69) is 15.2 Å². The summed E-state index contributed by atoms with van der Waals surface area (Å²) < 4.78 is 31.2. The Bertz CT molecular complexity index is 1080. The van der Waals surface area contributed by atoms with Crippen LogP contribution in [0.3, 0.4) is 0 Å². The Morgan fingerprint density at radius 3 is 2.81 bits per heavy atom. The van der Waals surface area contributed by atoms with Gasteiger partial charge in [0.1, 0.15) is 23.7 Å². The number of pyridine rings is 1. The summed E-state index contributed by atoms with van der Waals surface area (Å²) >= 11 is 5.76. The van der Waals surface area contributed by atoms with Gasteiger partial charge in [0.25, 0.3) is 0 Å². The molecular formula is C22H23ClFN3O4. The fourth-order valence-corrected chi connectivity index (χ4v) is 3.63. The van der Waals surface area contributed by atoms with Crippen LogP contribution in [0.25, 0.3) is 10.9 Å². The summed E-state index contributed by atoms with van der Waals surface area (Å²) in [7, 11) is 1.56. The number of benzene rings is 2. The predicted octanol–water partition coefficient (Wildman–Crippen LogP) is 4.20. The molecule has 9 heteroatoms. The first kappa shape index (κ1) is 21.4. The van der Waals surface area contributed by atoms with Gasteiger partial charge in [0.2, 0.25) is 0 Å². The van der Waals surface area contributed by atoms with Crippen molar-refractivity contribution in [3.05, 3.63) is 47.4 Å². The molecule has 0 aliphatic carbocycles. The summed E-state index contributed by atoms with van der Waals surface area (Å²) in [5.41, 5.74) is 1.28. The number of ether oxygens (including phenoxy) is 3. The van der Waals surface area contributed by atoms with E-state index >= 15 is 0 Å². The average Bonchev–Trinajstić information content (AvgIpc) is 2.78. The maximum Gasteiger partial charge on any atom is 0.187 e. The summed E-state index contributed by atoms with van der Waals surface area (Å²) in [6.07, 6.45) is 1.60. The summed E-state index contributed by atoms with van der Waals surface area (Å²) in [5.74, 6) is 0.297. The van der Waals surface area contributed by atoms with E-state index in [9.17, 15) is 9.50 Å². The summed E-state index contributed by atoms with van der Waals surface area (Å²) in [4.78, 5) is 6.72. The molecule has 1 aliphatic heterocycles. The average molecular weight is 448 g/mol. The number of methoxy groups -OCH3 is 1. The van der Waals surface area contributed by atoms with Gasteiger partial charge in [0, 0.05) is 43.0 Å². The lowest BCUT2D eigenvalue weighted by Crippen LogP contribution is -2.38. The lowest BCUT2D eigenvalue weighted by atomic mass is 10.1. The summed E-state index contributed by atoms with van der Waals surface area (Å²) in [5, 5.41) is 13.5. The van der Waals surface area contributed by atoms with E-state index < -0.39 is 5.82 Å². The standard InChI is InChI=1S/C22H23ClFN3O4/c1-29-22-20(31-11-8-27-6-9-30-10-7-27)3-2-14-17(4-5-25-21(14)22)26-18-13-19(28)15(23)12-16(18)24/h2-5,12-13,28H,6-11H2,1H3,(H,25,26). The Balaban J connectivity index is 1.57. The van der Waals surface area contributed by atoms with Crippen LogP contribution in [0, 0.1) is 5.82 Å². The highest BCUT2D eigenvalue weighted by molar-refractivity contribution is 6.32. The first-order valence-corrected chi connectivity index (χ1v) is 10.3. The summed E-state index contributed by atoms with van der Waals surface area (Å²) in [6, 6.07) is 7.66. The molecule has 2 N–H and O–H groups in total. The Morgan fingerprint density at radius 1 is 1.23 bits per heavy atom. The first-order valence-electron chi connectivity index (χ1n) is 9.90. The maximum absolute atomic E-state index is 14.3. The lowest BCUT2D eigenvalue weighted by molar-refractivity contribution is 0.0321. The predicted molar refractivity (Wildman–Crippen MR) is 117 cm³/mol. The molecule has 0 radical (unpaired) electrons. The fourth-order valence-electron chi connectivity index (χ4n) is 3.48. The minimum atomic E-state index is -0.581. The SMILES string of the molecule is COc1c(OCCN2CCOCC2)ccc2c(Nc3cc(O)c(Cl)cc3F)ccnc12. The van der Waals surface area contributed by atoms with E-state index in [1.54, 1.807) is 19.4 Å². The lowest BCUT2D eigenvalue weighted by Gasteiger charge is -2.26. The number of phenols is 1. The van der Waals surface area contributed by atoms with Gasteiger partial charge in [-0.2, -0.15) is 0 Å². The smallest absolute Gasteiger partial charge is 0.187 e. The van der Waals surface area contributed by atoms with Gasteiger partial charge < -0.3 is 24.6 Å². The third-order valence-corrected chi connectivity index (χ3v) is 5.41. The van der Waals surface area contributed by atoms with Crippen molar-refractivity contribution in [1.29, 1.82) is 0 Å². The molecule has 0 unspecified atom stereocenters. The number of rotatable bonds is 7. The second kappa shape index (κ2) is 9.55. The Morgan fingerprint density at radius 2 is 2.03 bits per heavy atom. The molecule has 7 nitrogen and oxygen atoms in total. The van der Waals surface area contributed by atoms with Crippen molar-refractivity contribution in [3.8, 4) is 17.2 Å². The minimum absolute atomic E-state index is 0.0526. The molecule has 0 amide bonds. The molecule has 3 aromatic rings. The highest BCUT2D eigenvalue weighted by Gasteiger charge is 2.16. The van der Waals surface area contributed by atoms with Crippen molar-refractivity contribution >= 4 is 33.9 Å². The number of nitrogens with zero attached hydrogens (tertiary/aromatic N) is 2. The largest absolute Gasteiger partial charge is 0.506 e. The number of hydrogen-bond donors (Lipinski definition) is 2. The molecule has 0 saturated carbocycles. The van der Waals surface area contributed by atoms with E-state index in [1.165, 1.54) is 6.07 Å². The van der Waals surface area contributed by atoms with Crippen LogP contribution in [0.4, 0.5) is 15.8 Å². The van der Waals surface area contributed by atoms with Gasteiger partial charge in [-0.15, -0.1) is 0 Å². The molecule has 1 fully saturated rings. The zero-order chi connectivity index (χ0) is 21.8. The zero-order valence-electron chi connectivity index (χ0n) is 17.0. The van der Waals surface area contributed by atoms with Crippen LogP contribution in [0.5, 0.6) is 17.2 Å². The van der Waals surface area contributed by atoms with Crippen molar-refractivity contribution < 1.29 is 23.7 Å². The van der Waals surface area contributed by atoms with Crippen molar-refractivity contribution in [2.45, 2.75) is 0 Å². The molecule has 1 aromatic heterocycles. The topological polar surface area (TPSA) is 76.1 Å². The van der Waals surface area contributed by atoms with Gasteiger partial charge in [0.05, 0.1) is 31.0 Å². The number of hydrogen-bond acceptors (Lipinski definition) is 7. The van der Waals surface area contributed by atoms with E-state index in [0.29, 0.717) is 34.7 Å². The number of anilines is 2. The van der Waals surface area contributed by atoms with Gasteiger partial charge in [0.15, 0.2) is 11.5 Å². The first-order chi connectivity index (χ1) is 15.1. The Labute approximate surface area is 184 Å². The van der Waals surface area contributed by atoms with Crippen LogP contribution in [0.2, 0.25) is 5.02 Å². The van der Waals surface area contributed by atoms with E-state index in [1.807, 2.05) is 12.1 Å². The quantitative estimate of drug-likeness (QED) is 0.562. The van der Waals surface area contributed by atoms with Gasteiger partial charge in [-0.25, -0.2) is 4.39 Å². The van der Waals surface area contributed by atoms with Gasteiger partial charge in [-0.05, 0) is 24.3 Å². The highest BCUT2D eigenvalue weighted by atomic mass is 35.5. The van der Waals surface area contributed by atoms with Gasteiger partial charge in [-0.1, -0.05) is 11.6 Å². The second-order valence-corrected chi connectivity index (χ2v) is 7.47. The Kier molecular flexibility index (Phi) is 6.60. The Hall–Kier alpha value is -2.81. The molecule has 31 heavy (non-hydrogen) atoms. The van der Waals surface area contributed by atoms with Crippen molar-refractivity contribution in [1.82, 2.24) is 9.88 Å². The highest BCUT2D eigenvalue weighted by Crippen LogP contribution is 2.38. The maximum atomic E-state index is 14.3. The number of fused-ring (bicyclic) bond motifs is 1. The zero-order valence-corrected chi connectivity index (χ0v) is 17.8. The van der Waals surface area contributed by atoms with Crippen LogP contribution in [0.1, 0.15) is 0 Å². The monoisotopic (exact) mass is 447 g/mol. The van der Waals surface area contributed by atoms with Crippen LogP contribution in [0.15, 0.2) is 36.5 Å². The number of phenolic OH excluding ortho intramolecular Hbond substituents is 1. The fraction of sp³-hybridized carbons (Fsp3) is 0.318. The molecule has 1 saturated heterocycles. The number of nitrogens with one attached hydrogen (secondary N) is 1. The number of aromatic nitrogens is 1. The number of aromatic hydroxyl groups is 1. The molecule has 0 spiro atoms. The van der Waals surface area contributed by atoms with Crippen molar-refractivity contribution in [3.63, 3.8) is 0 Å². The van der Waals surface area contributed by atoms with Crippen LogP contribution in [-0.4, -0.2) is 61.6 Å². The number of morpholine rings is 1. The molecule has 0 atom stereocenters. The minimum Gasteiger partial charge on any atom is -0.506 e. The van der Waals surface area contributed by atoms with Crippen LogP contribution >= 0.6 is 11.6 Å². The normalized spacial score (nSPS) is 14.5. The van der Waals surface area contributed by atoms with E-state index in [4.69, 9.17) is 25.8 Å².